The lowest BCUT2D eigenvalue weighted by molar-refractivity contribution is -0.119. The summed E-state index contributed by atoms with van der Waals surface area (Å²) < 4.78 is 42.5. The summed E-state index contributed by atoms with van der Waals surface area (Å²) in [5.41, 5.74) is 1.41. The SMILES string of the molecule is CCS(=O)(=O)N(CC(=O)NCCc1ccc(OC)cc1)c1ccc2c(c1)OCCO2. The fourth-order valence-corrected chi connectivity index (χ4v) is 4.08. The summed E-state index contributed by atoms with van der Waals surface area (Å²) in [7, 11) is -2.05. The van der Waals surface area contributed by atoms with Gasteiger partial charge >= 0.3 is 0 Å². The van der Waals surface area contributed by atoms with Gasteiger partial charge in [-0.05, 0) is 43.2 Å². The first-order valence-electron chi connectivity index (χ1n) is 9.72. The van der Waals surface area contributed by atoms with Crippen LogP contribution in [0.15, 0.2) is 42.5 Å². The number of hydrogen-bond acceptors (Lipinski definition) is 6. The van der Waals surface area contributed by atoms with Gasteiger partial charge in [-0.2, -0.15) is 0 Å². The summed E-state index contributed by atoms with van der Waals surface area (Å²) in [5.74, 6) is 1.29. The number of nitrogens with one attached hydrogen (secondary N) is 1. The molecule has 0 saturated heterocycles. The highest BCUT2D eigenvalue weighted by molar-refractivity contribution is 7.92. The van der Waals surface area contributed by atoms with Crippen molar-refractivity contribution in [2.45, 2.75) is 13.3 Å². The number of methoxy groups -OCH3 is 1. The summed E-state index contributed by atoms with van der Waals surface area (Å²) in [5, 5.41) is 2.79. The first-order valence-corrected chi connectivity index (χ1v) is 11.3. The fraction of sp³-hybridized carbons (Fsp3) is 0.381. The van der Waals surface area contributed by atoms with Crippen LogP contribution in [0.25, 0.3) is 0 Å². The molecule has 2 aromatic rings. The monoisotopic (exact) mass is 434 g/mol. The molecule has 0 bridgehead atoms. The molecule has 0 atom stereocenters. The molecule has 0 radical (unpaired) electrons. The maximum absolute atomic E-state index is 12.6. The summed E-state index contributed by atoms with van der Waals surface area (Å²) in [6.45, 7) is 2.47. The summed E-state index contributed by atoms with van der Waals surface area (Å²) in [6, 6.07) is 12.4. The second kappa shape index (κ2) is 9.71. The molecule has 0 spiro atoms. The number of hydrogen-bond donors (Lipinski definition) is 1. The number of fused-ring (bicyclic) bond motifs is 1. The normalized spacial score (nSPS) is 12.9. The van der Waals surface area contributed by atoms with Crippen molar-refractivity contribution >= 4 is 21.6 Å². The van der Waals surface area contributed by atoms with E-state index < -0.39 is 10.0 Å². The van der Waals surface area contributed by atoms with Crippen LogP contribution in [0.1, 0.15) is 12.5 Å². The smallest absolute Gasteiger partial charge is 0.240 e. The lowest BCUT2D eigenvalue weighted by Gasteiger charge is -2.25. The van der Waals surface area contributed by atoms with Gasteiger partial charge in [0, 0.05) is 12.6 Å². The third-order valence-electron chi connectivity index (χ3n) is 4.70. The van der Waals surface area contributed by atoms with Gasteiger partial charge in [-0.25, -0.2) is 8.42 Å². The van der Waals surface area contributed by atoms with Crippen LogP contribution in [0.2, 0.25) is 0 Å². The molecule has 8 nitrogen and oxygen atoms in total. The van der Waals surface area contributed by atoms with Gasteiger partial charge in [0.2, 0.25) is 15.9 Å². The van der Waals surface area contributed by atoms with E-state index in [1.807, 2.05) is 24.3 Å². The Morgan fingerprint density at radius 3 is 2.47 bits per heavy atom. The van der Waals surface area contributed by atoms with Gasteiger partial charge in [-0.1, -0.05) is 12.1 Å². The van der Waals surface area contributed by atoms with E-state index in [-0.39, 0.29) is 18.2 Å². The number of ether oxygens (including phenoxy) is 3. The van der Waals surface area contributed by atoms with Crippen LogP contribution in [0.3, 0.4) is 0 Å². The van der Waals surface area contributed by atoms with Gasteiger partial charge in [-0.15, -0.1) is 0 Å². The number of anilines is 1. The van der Waals surface area contributed by atoms with E-state index in [4.69, 9.17) is 14.2 Å². The molecule has 3 rings (SSSR count). The van der Waals surface area contributed by atoms with Gasteiger partial charge in [0.1, 0.15) is 25.5 Å². The van der Waals surface area contributed by atoms with Crippen molar-refractivity contribution < 1.29 is 27.4 Å². The Bertz CT molecular complexity index is 975. The topological polar surface area (TPSA) is 94.2 Å². The Labute approximate surface area is 176 Å². The van der Waals surface area contributed by atoms with Crippen molar-refractivity contribution in [3.8, 4) is 17.2 Å². The molecule has 1 aliphatic rings. The number of carbonyl (C=O) groups is 1. The molecular formula is C21H26N2O6S. The first kappa shape index (κ1) is 21.8. The number of nitrogens with zero attached hydrogens (tertiary/aromatic N) is 1. The number of amides is 1. The van der Waals surface area contributed by atoms with E-state index in [1.54, 1.807) is 32.2 Å². The minimum Gasteiger partial charge on any atom is -0.497 e. The van der Waals surface area contributed by atoms with E-state index in [2.05, 4.69) is 5.32 Å². The van der Waals surface area contributed by atoms with Crippen LogP contribution in [0, 0.1) is 0 Å². The van der Waals surface area contributed by atoms with Crippen molar-refractivity contribution in [3.05, 3.63) is 48.0 Å². The second-order valence-electron chi connectivity index (χ2n) is 6.68. The van der Waals surface area contributed by atoms with Gasteiger partial charge in [0.25, 0.3) is 0 Å². The lowest BCUT2D eigenvalue weighted by atomic mass is 10.1. The Balaban J connectivity index is 1.65. The minimum atomic E-state index is -3.66. The largest absolute Gasteiger partial charge is 0.497 e. The number of rotatable bonds is 9. The molecule has 0 fully saturated rings. The predicted octanol–water partition coefficient (Wildman–Crippen LogP) is 1.98. The quantitative estimate of drug-likeness (QED) is 0.649. The zero-order valence-corrected chi connectivity index (χ0v) is 17.9. The Kier molecular flexibility index (Phi) is 7.04. The molecule has 0 aliphatic carbocycles. The summed E-state index contributed by atoms with van der Waals surface area (Å²) in [4.78, 5) is 12.5. The van der Waals surface area contributed by atoms with Crippen molar-refractivity contribution in [2.75, 3.05) is 43.5 Å². The molecule has 0 unspecified atom stereocenters. The molecule has 9 heteroatoms. The highest BCUT2D eigenvalue weighted by Crippen LogP contribution is 2.34. The zero-order valence-electron chi connectivity index (χ0n) is 17.1. The van der Waals surface area contributed by atoms with Gasteiger partial charge in [0.05, 0.1) is 18.6 Å². The van der Waals surface area contributed by atoms with E-state index in [0.717, 1.165) is 15.6 Å². The maximum atomic E-state index is 12.6. The van der Waals surface area contributed by atoms with Crippen molar-refractivity contribution in [3.63, 3.8) is 0 Å². The van der Waals surface area contributed by atoms with Crippen LogP contribution < -0.4 is 23.8 Å². The average Bonchev–Trinajstić information content (AvgIpc) is 2.77. The highest BCUT2D eigenvalue weighted by Gasteiger charge is 2.25. The fourth-order valence-electron chi connectivity index (χ4n) is 3.02. The number of benzene rings is 2. The molecular weight excluding hydrogens is 408 g/mol. The zero-order chi connectivity index (χ0) is 21.6. The van der Waals surface area contributed by atoms with Gasteiger partial charge in [-0.3, -0.25) is 9.10 Å². The van der Waals surface area contributed by atoms with Crippen LogP contribution >= 0.6 is 0 Å². The van der Waals surface area contributed by atoms with E-state index in [9.17, 15) is 13.2 Å². The van der Waals surface area contributed by atoms with Crippen molar-refractivity contribution in [2.24, 2.45) is 0 Å². The first-order chi connectivity index (χ1) is 14.4. The van der Waals surface area contributed by atoms with Crippen molar-refractivity contribution in [1.82, 2.24) is 5.32 Å². The van der Waals surface area contributed by atoms with E-state index in [1.165, 1.54) is 0 Å². The Morgan fingerprint density at radius 2 is 1.80 bits per heavy atom. The molecule has 2 aromatic carbocycles. The molecule has 30 heavy (non-hydrogen) atoms. The van der Waals surface area contributed by atoms with Gasteiger partial charge in [0.15, 0.2) is 11.5 Å². The van der Waals surface area contributed by atoms with Gasteiger partial charge < -0.3 is 19.5 Å². The second-order valence-corrected chi connectivity index (χ2v) is 8.87. The van der Waals surface area contributed by atoms with Crippen LogP contribution in [-0.2, 0) is 21.2 Å². The summed E-state index contributed by atoms with van der Waals surface area (Å²) in [6.07, 6.45) is 0.625. The van der Waals surface area contributed by atoms with E-state index >= 15 is 0 Å². The molecule has 1 amide bonds. The van der Waals surface area contributed by atoms with Crippen LogP contribution in [0.4, 0.5) is 5.69 Å². The number of sulfonamides is 1. The molecule has 1 heterocycles. The van der Waals surface area contributed by atoms with E-state index in [0.29, 0.717) is 43.4 Å². The third-order valence-corrected chi connectivity index (χ3v) is 6.44. The molecule has 0 aromatic heterocycles. The van der Waals surface area contributed by atoms with Crippen molar-refractivity contribution in [1.29, 1.82) is 0 Å². The third kappa shape index (κ3) is 5.35. The molecule has 162 valence electrons. The highest BCUT2D eigenvalue weighted by atomic mass is 32.2. The minimum absolute atomic E-state index is 0.124. The Morgan fingerprint density at radius 1 is 1.10 bits per heavy atom. The van der Waals surface area contributed by atoms with Crippen LogP contribution in [0.5, 0.6) is 17.2 Å². The summed E-state index contributed by atoms with van der Waals surface area (Å²) >= 11 is 0. The number of carbonyl (C=O) groups excluding carboxylic acids is 1. The Hall–Kier alpha value is -2.94. The standard InChI is InChI=1S/C21H26N2O6S/c1-3-30(25,26)23(17-6-9-19-20(14-17)29-13-12-28-19)15-21(24)22-11-10-16-4-7-18(27-2)8-5-16/h4-9,14H,3,10-13,15H2,1-2H3,(H,22,24). The molecule has 1 aliphatic heterocycles. The van der Waals surface area contributed by atoms with Crippen LogP contribution in [-0.4, -0.2) is 53.5 Å². The molecule has 1 N–H and O–H groups in total. The predicted molar refractivity (Wildman–Crippen MR) is 114 cm³/mol. The molecule has 0 saturated carbocycles. The lowest BCUT2D eigenvalue weighted by Crippen LogP contribution is -2.42. The average molecular weight is 435 g/mol. The maximum Gasteiger partial charge on any atom is 0.240 e.